The molecule has 1 amide bonds. The minimum Gasteiger partial charge on any atom is -0.483 e. The van der Waals surface area contributed by atoms with Gasteiger partial charge in [-0.3, -0.25) is 4.79 Å². The van der Waals surface area contributed by atoms with E-state index in [4.69, 9.17) is 10.5 Å². The van der Waals surface area contributed by atoms with Crippen molar-refractivity contribution < 1.29 is 9.53 Å². The van der Waals surface area contributed by atoms with Gasteiger partial charge in [-0.05, 0) is 57.2 Å². The van der Waals surface area contributed by atoms with Crippen molar-refractivity contribution in [3.8, 4) is 5.75 Å². The molecular weight excluding hydrogens is 276 g/mol. The highest BCUT2D eigenvalue weighted by atomic mass is 16.5. The Morgan fingerprint density at radius 1 is 1.23 bits per heavy atom. The maximum absolute atomic E-state index is 12.2. The first-order valence-corrected chi connectivity index (χ1v) is 8.21. The minimum atomic E-state index is -0.0512. The van der Waals surface area contributed by atoms with Gasteiger partial charge in [0.05, 0.1) is 0 Å². The lowest BCUT2D eigenvalue weighted by atomic mass is 9.84. The summed E-state index contributed by atoms with van der Waals surface area (Å²) in [6.45, 7) is 6.80. The van der Waals surface area contributed by atoms with E-state index in [2.05, 4.69) is 24.4 Å². The third kappa shape index (κ3) is 4.23. The second-order valence-corrected chi connectivity index (χ2v) is 6.47. The van der Waals surface area contributed by atoms with E-state index in [1.165, 1.54) is 18.4 Å². The molecule has 1 aromatic carbocycles. The van der Waals surface area contributed by atoms with Crippen LogP contribution in [0.1, 0.15) is 42.4 Å². The molecule has 0 aliphatic heterocycles. The molecule has 1 fully saturated rings. The smallest absolute Gasteiger partial charge is 0.258 e. The van der Waals surface area contributed by atoms with E-state index >= 15 is 0 Å². The summed E-state index contributed by atoms with van der Waals surface area (Å²) in [5.41, 5.74) is 9.16. The van der Waals surface area contributed by atoms with E-state index < -0.39 is 0 Å². The van der Waals surface area contributed by atoms with Gasteiger partial charge < -0.3 is 15.8 Å². The number of hydrogen-bond acceptors (Lipinski definition) is 3. The Bertz CT molecular complexity index is 505. The lowest BCUT2D eigenvalue weighted by Crippen LogP contribution is -2.46. The van der Waals surface area contributed by atoms with Crippen molar-refractivity contribution in [2.45, 2.75) is 52.5 Å². The van der Waals surface area contributed by atoms with Gasteiger partial charge in [0.25, 0.3) is 5.91 Å². The zero-order valence-electron chi connectivity index (χ0n) is 13.9. The third-order valence-electron chi connectivity index (χ3n) is 4.51. The lowest BCUT2D eigenvalue weighted by molar-refractivity contribution is -0.124. The highest BCUT2D eigenvalue weighted by Crippen LogP contribution is 2.25. The fourth-order valence-corrected chi connectivity index (χ4v) is 3.46. The van der Waals surface area contributed by atoms with Crippen LogP contribution in [0.25, 0.3) is 0 Å². The first-order chi connectivity index (χ1) is 10.5. The number of aryl methyl sites for hydroxylation is 3. The van der Waals surface area contributed by atoms with Crippen LogP contribution in [0.15, 0.2) is 12.1 Å². The van der Waals surface area contributed by atoms with Crippen molar-refractivity contribution in [3.05, 3.63) is 28.8 Å². The Labute approximate surface area is 133 Å². The molecule has 0 radical (unpaired) electrons. The fraction of sp³-hybridized carbons (Fsp3) is 0.611. The van der Waals surface area contributed by atoms with Gasteiger partial charge in [-0.2, -0.15) is 0 Å². The quantitative estimate of drug-likeness (QED) is 0.879. The van der Waals surface area contributed by atoms with Crippen LogP contribution >= 0.6 is 0 Å². The minimum absolute atomic E-state index is 0.0512. The first kappa shape index (κ1) is 16.8. The number of amides is 1. The molecule has 0 bridgehead atoms. The van der Waals surface area contributed by atoms with E-state index in [9.17, 15) is 4.79 Å². The average Bonchev–Trinajstić information content (AvgIpc) is 2.46. The monoisotopic (exact) mass is 304 g/mol. The summed E-state index contributed by atoms with van der Waals surface area (Å²) < 4.78 is 5.75. The Morgan fingerprint density at radius 3 is 2.50 bits per heavy atom. The van der Waals surface area contributed by atoms with Crippen LogP contribution in [0.5, 0.6) is 5.75 Å². The van der Waals surface area contributed by atoms with Gasteiger partial charge in [0.2, 0.25) is 0 Å². The van der Waals surface area contributed by atoms with Crippen LogP contribution in [0, 0.1) is 26.7 Å². The molecule has 4 heteroatoms. The molecule has 122 valence electrons. The molecule has 1 aliphatic carbocycles. The summed E-state index contributed by atoms with van der Waals surface area (Å²) in [4.78, 5) is 12.2. The lowest BCUT2D eigenvalue weighted by Gasteiger charge is -2.31. The van der Waals surface area contributed by atoms with Gasteiger partial charge in [-0.15, -0.1) is 0 Å². The molecule has 3 N–H and O–H groups in total. The predicted molar refractivity (Wildman–Crippen MR) is 89.1 cm³/mol. The van der Waals surface area contributed by atoms with Crippen molar-refractivity contribution in [1.82, 2.24) is 5.32 Å². The van der Waals surface area contributed by atoms with E-state index in [-0.39, 0.29) is 18.6 Å². The molecule has 2 unspecified atom stereocenters. The Hall–Kier alpha value is -1.55. The van der Waals surface area contributed by atoms with Crippen molar-refractivity contribution >= 4 is 5.91 Å². The molecule has 1 aliphatic rings. The molecule has 0 heterocycles. The molecule has 0 aromatic heterocycles. The molecule has 2 atom stereocenters. The van der Waals surface area contributed by atoms with Gasteiger partial charge >= 0.3 is 0 Å². The fourth-order valence-electron chi connectivity index (χ4n) is 3.46. The number of carbonyl (C=O) groups excluding carboxylic acids is 1. The summed E-state index contributed by atoms with van der Waals surface area (Å²) in [6, 6.07) is 4.35. The number of ether oxygens (including phenoxy) is 1. The van der Waals surface area contributed by atoms with Gasteiger partial charge in [0, 0.05) is 6.04 Å². The largest absolute Gasteiger partial charge is 0.483 e. The maximum atomic E-state index is 12.2. The van der Waals surface area contributed by atoms with Crippen LogP contribution < -0.4 is 15.8 Å². The summed E-state index contributed by atoms with van der Waals surface area (Å²) in [5.74, 6) is 1.17. The predicted octanol–water partition coefficient (Wildman–Crippen LogP) is 2.62. The van der Waals surface area contributed by atoms with Gasteiger partial charge in [-0.25, -0.2) is 0 Å². The highest BCUT2D eigenvalue weighted by molar-refractivity contribution is 5.78. The Balaban J connectivity index is 1.90. The third-order valence-corrected chi connectivity index (χ3v) is 4.51. The topological polar surface area (TPSA) is 64.3 Å². The van der Waals surface area contributed by atoms with Crippen LogP contribution in [0.2, 0.25) is 0 Å². The SMILES string of the molecule is Cc1cc(C)c(OCC(=O)NC2CCCCC2CN)c(C)c1. The molecule has 22 heavy (non-hydrogen) atoms. The van der Waals surface area contributed by atoms with E-state index in [1.54, 1.807) is 0 Å². The van der Waals surface area contributed by atoms with Crippen molar-refractivity contribution in [3.63, 3.8) is 0 Å². The van der Waals surface area contributed by atoms with Crippen molar-refractivity contribution in [2.24, 2.45) is 11.7 Å². The molecule has 1 saturated carbocycles. The number of carbonyl (C=O) groups is 1. The van der Waals surface area contributed by atoms with Crippen LogP contribution in [0.3, 0.4) is 0 Å². The van der Waals surface area contributed by atoms with Gasteiger partial charge in [-0.1, -0.05) is 30.5 Å². The first-order valence-electron chi connectivity index (χ1n) is 8.21. The number of nitrogens with two attached hydrogens (primary N) is 1. The average molecular weight is 304 g/mol. The normalized spacial score (nSPS) is 21.5. The molecule has 1 aromatic rings. The zero-order chi connectivity index (χ0) is 16.1. The number of hydrogen-bond donors (Lipinski definition) is 2. The number of rotatable bonds is 5. The van der Waals surface area contributed by atoms with Crippen LogP contribution in [-0.2, 0) is 4.79 Å². The second kappa shape index (κ2) is 7.63. The maximum Gasteiger partial charge on any atom is 0.258 e. The highest BCUT2D eigenvalue weighted by Gasteiger charge is 2.25. The van der Waals surface area contributed by atoms with Crippen molar-refractivity contribution in [1.29, 1.82) is 0 Å². The van der Waals surface area contributed by atoms with Gasteiger partial charge in [0.15, 0.2) is 6.61 Å². The summed E-state index contributed by atoms with van der Waals surface area (Å²) in [5, 5.41) is 3.10. The standard InChI is InChI=1S/C18H28N2O2/c1-12-8-13(2)18(14(3)9-12)22-11-17(21)20-16-7-5-4-6-15(16)10-19/h8-9,15-16H,4-7,10-11,19H2,1-3H3,(H,20,21). The molecule has 2 rings (SSSR count). The van der Waals surface area contributed by atoms with Crippen LogP contribution in [0.4, 0.5) is 0 Å². The summed E-state index contributed by atoms with van der Waals surface area (Å²) in [6.07, 6.45) is 4.51. The molecule has 0 saturated heterocycles. The zero-order valence-corrected chi connectivity index (χ0v) is 13.9. The number of benzene rings is 1. The molecule has 0 spiro atoms. The van der Waals surface area contributed by atoms with Crippen LogP contribution in [-0.4, -0.2) is 25.1 Å². The van der Waals surface area contributed by atoms with E-state index in [0.717, 1.165) is 29.7 Å². The second-order valence-electron chi connectivity index (χ2n) is 6.47. The Kier molecular flexibility index (Phi) is 5.83. The summed E-state index contributed by atoms with van der Waals surface area (Å²) in [7, 11) is 0. The molecule has 4 nitrogen and oxygen atoms in total. The van der Waals surface area contributed by atoms with E-state index in [0.29, 0.717) is 12.5 Å². The summed E-state index contributed by atoms with van der Waals surface area (Å²) >= 11 is 0. The number of nitrogens with one attached hydrogen (secondary N) is 1. The Morgan fingerprint density at radius 2 is 1.86 bits per heavy atom. The van der Waals surface area contributed by atoms with E-state index in [1.807, 2.05) is 13.8 Å². The van der Waals surface area contributed by atoms with Crippen molar-refractivity contribution in [2.75, 3.05) is 13.2 Å². The van der Waals surface area contributed by atoms with Gasteiger partial charge in [0.1, 0.15) is 5.75 Å². The molecular formula is C18H28N2O2.